The summed E-state index contributed by atoms with van der Waals surface area (Å²) in [7, 11) is 0. The molecule has 19 nitrogen and oxygen atoms in total. The second-order valence-electron chi connectivity index (χ2n) is 16.5. The van der Waals surface area contributed by atoms with E-state index in [9.17, 15) is 28.8 Å². The molecule has 1 aromatic heterocycles. The van der Waals surface area contributed by atoms with Crippen molar-refractivity contribution in [3.8, 4) is 0 Å². The van der Waals surface area contributed by atoms with Gasteiger partial charge in [-0.05, 0) is 147 Å². The minimum atomic E-state index is -1.23. The number of nitrogen functional groups attached to an aromatic ring is 2. The number of nitrogens with one attached hydrogen (secondary N) is 4. The van der Waals surface area contributed by atoms with Crippen molar-refractivity contribution in [3.05, 3.63) is 58.9 Å². The van der Waals surface area contributed by atoms with E-state index in [2.05, 4.69) is 31.6 Å². The van der Waals surface area contributed by atoms with Crippen molar-refractivity contribution in [3.63, 3.8) is 0 Å². The lowest BCUT2D eigenvalue weighted by molar-refractivity contribution is -0.149. The Bertz CT molecular complexity index is 1880. The van der Waals surface area contributed by atoms with Crippen LogP contribution in [0.15, 0.2) is 53.3 Å². The highest BCUT2D eigenvalue weighted by atomic mass is 16.7. The molecule has 2 unspecified atom stereocenters. The smallest absolute Gasteiger partial charge is 0.408 e. The number of ether oxygens (including phenoxy) is 3. The number of rotatable bonds is 15. The van der Waals surface area contributed by atoms with Crippen molar-refractivity contribution >= 4 is 52.4 Å². The number of nitrogens with two attached hydrogens (primary N) is 2. The Kier molecular flexibility index (Phi) is 18.9. The van der Waals surface area contributed by atoms with E-state index in [4.69, 9.17) is 30.5 Å². The topological polar surface area (TPSA) is 270 Å². The van der Waals surface area contributed by atoms with Gasteiger partial charge in [-0.3, -0.25) is 9.59 Å². The van der Waals surface area contributed by atoms with Gasteiger partial charge in [0, 0.05) is 24.5 Å². The lowest BCUT2D eigenvalue weighted by Gasteiger charge is -2.24. The van der Waals surface area contributed by atoms with Gasteiger partial charge >= 0.3 is 29.8 Å². The van der Waals surface area contributed by atoms with Crippen LogP contribution >= 0.6 is 0 Å². The van der Waals surface area contributed by atoms with E-state index >= 15 is 0 Å². The molecular weight excluding hydrogens is 766 g/mol. The number of carbonyl (C=O) groups is 5. The van der Waals surface area contributed by atoms with Crippen molar-refractivity contribution in [2.75, 3.05) is 24.6 Å². The van der Waals surface area contributed by atoms with E-state index in [-0.39, 0.29) is 24.8 Å². The van der Waals surface area contributed by atoms with Crippen LogP contribution in [-0.4, -0.2) is 87.3 Å². The Morgan fingerprint density at radius 3 is 1.63 bits per heavy atom. The van der Waals surface area contributed by atoms with Crippen LogP contribution in [0.2, 0.25) is 0 Å². The van der Waals surface area contributed by atoms with Gasteiger partial charge in [0.1, 0.15) is 34.4 Å². The fourth-order valence-electron chi connectivity index (χ4n) is 4.88. The van der Waals surface area contributed by atoms with E-state index in [1.807, 2.05) is 0 Å². The normalized spacial score (nSPS) is 12.4. The minimum Gasteiger partial charge on any atom is -0.444 e. The maximum absolute atomic E-state index is 13.1. The van der Waals surface area contributed by atoms with Crippen molar-refractivity contribution in [2.45, 2.75) is 130 Å². The summed E-state index contributed by atoms with van der Waals surface area (Å²) >= 11 is 0. The summed E-state index contributed by atoms with van der Waals surface area (Å²) in [5.74, 6) is -1.42. The van der Waals surface area contributed by atoms with Gasteiger partial charge < -0.3 is 51.8 Å². The lowest BCUT2D eigenvalue weighted by Crippen LogP contribution is -2.49. The second kappa shape index (κ2) is 22.7. The first-order chi connectivity index (χ1) is 27.4. The molecule has 2 aromatic carbocycles. The number of anilines is 2. The van der Waals surface area contributed by atoms with E-state index in [1.165, 1.54) is 6.07 Å². The number of unbranched alkanes of at least 4 members (excludes halogenated alkanes) is 2. The third-order valence-electron chi connectivity index (χ3n) is 7.44. The molecule has 0 bridgehead atoms. The van der Waals surface area contributed by atoms with Crippen molar-refractivity contribution in [1.82, 2.24) is 36.4 Å². The number of nitrogens with zero attached hydrogens (tertiary/aromatic N) is 3. The van der Waals surface area contributed by atoms with Gasteiger partial charge in [-0.25, -0.2) is 19.2 Å². The van der Waals surface area contributed by atoms with Crippen LogP contribution in [-0.2, 0) is 23.8 Å². The molecule has 326 valence electrons. The Labute approximate surface area is 344 Å². The van der Waals surface area contributed by atoms with Gasteiger partial charge in [0.25, 0.3) is 0 Å². The molecule has 0 fully saturated rings. The second-order valence-corrected chi connectivity index (χ2v) is 16.5. The van der Waals surface area contributed by atoms with Crippen molar-refractivity contribution in [2.24, 2.45) is 0 Å². The lowest BCUT2D eigenvalue weighted by atomic mass is 10.1. The summed E-state index contributed by atoms with van der Waals surface area (Å²) < 4.78 is 15.8. The molecule has 3 aromatic rings. The summed E-state index contributed by atoms with van der Waals surface area (Å²) in [5, 5.41) is 18.3. The fraction of sp³-hybridized carbons (Fsp3) is 0.550. The van der Waals surface area contributed by atoms with Gasteiger partial charge in [0.05, 0.1) is 5.39 Å². The zero-order valence-corrected chi connectivity index (χ0v) is 35.5. The summed E-state index contributed by atoms with van der Waals surface area (Å²) in [4.78, 5) is 81.6. The Morgan fingerprint density at radius 1 is 0.644 bits per heavy atom. The standard InChI is InChI=1S/C34H53N7O10.C6H8N2/c1-32(2,3)48-29(45)36-21-15-12-18-24(37-30(46)49-33(4,5)6)26(42)35-20-14-13-19-25(38-31(47)50-34(7,8)9)28(44)51-41-27(43)22-16-10-11-17-23(22)39-40-41;7-5-1-2-6(8)4-3-5/h10-11,16-17,24-25H,12-15,18-21H2,1-9H3,(H,35,42)(H,36,45)(H,37,46)(H,38,47);1-4H,7-8H2. The molecule has 0 aliphatic rings. The molecule has 0 saturated carbocycles. The number of fused-ring (bicyclic) bond motifs is 1. The average Bonchev–Trinajstić information content (AvgIpc) is 3.10. The summed E-state index contributed by atoms with van der Waals surface area (Å²) in [6.45, 7) is 15.9. The fourth-order valence-corrected chi connectivity index (χ4v) is 4.88. The monoisotopic (exact) mass is 827 g/mol. The molecule has 2 atom stereocenters. The van der Waals surface area contributed by atoms with Crippen LogP contribution in [0, 0.1) is 0 Å². The molecule has 59 heavy (non-hydrogen) atoms. The molecule has 4 amide bonds. The van der Waals surface area contributed by atoms with Gasteiger partial charge in [0.2, 0.25) is 5.91 Å². The van der Waals surface area contributed by atoms with E-state index in [0.717, 1.165) is 11.4 Å². The molecule has 0 aliphatic heterocycles. The number of alkyl carbamates (subject to hydrolysis) is 3. The van der Waals surface area contributed by atoms with E-state index in [1.54, 1.807) is 105 Å². The number of hydrogen-bond acceptors (Lipinski definition) is 14. The minimum absolute atomic E-state index is 0.0634. The van der Waals surface area contributed by atoms with Crippen LogP contribution < -0.4 is 43.1 Å². The molecular formula is C40H61N9O10. The zero-order chi connectivity index (χ0) is 44.4. The van der Waals surface area contributed by atoms with Crippen molar-refractivity contribution in [1.29, 1.82) is 0 Å². The Morgan fingerprint density at radius 2 is 1.10 bits per heavy atom. The average molecular weight is 828 g/mol. The van der Waals surface area contributed by atoms with Crippen LogP contribution in [0.4, 0.5) is 25.8 Å². The van der Waals surface area contributed by atoms with Gasteiger partial charge in [-0.15, -0.1) is 5.10 Å². The third-order valence-corrected chi connectivity index (χ3v) is 7.44. The molecule has 19 heteroatoms. The molecule has 0 radical (unpaired) electrons. The molecule has 0 saturated heterocycles. The van der Waals surface area contributed by atoms with Crippen LogP contribution in [0.3, 0.4) is 0 Å². The SMILES string of the molecule is CC(C)(C)OC(=O)NCCCCC(NC(=O)OC(C)(C)C)C(=O)NCCCCC(NC(=O)OC(C)(C)C)C(=O)On1nnc2ccccc2c1=O.Nc1ccc(N)cc1. The number of carbonyl (C=O) groups excluding carboxylic acids is 5. The largest absolute Gasteiger partial charge is 0.444 e. The summed E-state index contributed by atoms with van der Waals surface area (Å²) in [6.07, 6.45) is -0.107. The highest BCUT2D eigenvalue weighted by Gasteiger charge is 2.28. The molecule has 8 N–H and O–H groups in total. The number of hydrogen-bond donors (Lipinski definition) is 6. The number of benzene rings is 2. The number of aromatic nitrogens is 3. The van der Waals surface area contributed by atoms with E-state index in [0.29, 0.717) is 42.6 Å². The first-order valence-corrected chi connectivity index (χ1v) is 19.3. The molecule has 0 spiro atoms. The number of amides is 4. The first kappa shape index (κ1) is 49.0. The zero-order valence-electron chi connectivity index (χ0n) is 35.5. The molecule has 3 rings (SSSR count). The predicted octanol–water partition coefficient (Wildman–Crippen LogP) is 4.37. The van der Waals surface area contributed by atoms with Gasteiger partial charge in [0.15, 0.2) is 0 Å². The Balaban J connectivity index is 0.00000133. The maximum Gasteiger partial charge on any atom is 0.408 e. The maximum atomic E-state index is 13.1. The van der Waals surface area contributed by atoms with Crippen LogP contribution in [0.5, 0.6) is 0 Å². The van der Waals surface area contributed by atoms with Crippen LogP contribution in [0.1, 0.15) is 101 Å². The molecule has 1 heterocycles. The van der Waals surface area contributed by atoms with Gasteiger partial charge in [-0.1, -0.05) is 12.1 Å². The van der Waals surface area contributed by atoms with Gasteiger partial charge in [-0.2, -0.15) is 0 Å². The predicted molar refractivity (Wildman–Crippen MR) is 222 cm³/mol. The van der Waals surface area contributed by atoms with Crippen molar-refractivity contribution < 1.29 is 43.0 Å². The highest BCUT2D eigenvalue weighted by Crippen LogP contribution is 2.12. The summed E-state index contributed by atoms with van der Waals surface area (Å²) in [6, 6.07) is 11.4. The Hall–Kier alpha value is -6.14. The quantitative estimate of drug-likeness (QED) is 0.0538. The van der Waals surface area contributed by atoms with Crippen LogP contribution in [0.25, 0.3) is 10.9 Å². The molecule has 0 aliphatic carbocycles. The first-order valence-electron chi connectivity index (χ1n) is 19.3. The highest BCUT2D eigenvalue weighted by molar-refractivity contribution is 5.85. The third kappa shape index (κ3) is 20.7. The van der Waals surface area contributed by atoms with E-state index < -0.39 is 64.6 Å². The summed E-state index contributed by atoms with van der Waals surface area (Å²) in [5.41, 5.74) is 9.60.